The van der Waals surface area contributed by atoms with Gasteiger partial charge in [0, 0.05) is 7.11 Å². The number of hydrogen-bond acceptors (Lipinski definition) is 3. The minimum absolute atomic E-state index is 0.0139. The molecular formula is C5H13NO3S. The van der Waals surface area contributed by atoms with Crippen LogP contribution in [-0.2, 0) is 14.8 Å². The number of nitrogens with one attached hydrogen (secondary N) is 1. The van der Waals surface area contributed by atoms with Crippen molar-refractivity contribution in [1.82, 2.24) is 4.72 Å². The van der Waals surface area contributed by atoms with E-state index in [-0.39, 0.29) is 11.9 Å². The third-order valence-electron chi connectivity index (χ3n) is 1.17. The molecule has 0 aromatic heterocycles. The van der Waals surface area contributed by atoms with Crippen LogP contribution in [0.5, 0.6) is 0 Å². The van der Waals surface area contributed by atoms with E-state index in [1.165, 1.54) is 14.2 Å². The third kappa shape index (κ3) is 3.81. The molecule has 0 fully saturated rings. The second-order valence-electron chi connectivity index (χ2n) is 2.03. The molecule has 1 unspecified atom stereocenters. The van der Waals surface area contributed by atoms with E-state index in [0.717, 1.165) is 0 Å². The molecule has 0 heterocycles. The Labute approximate surface area is 61.6 Å². The quantitative estimate of drug-likeness (QED) is 0.618. The Morgan fingerprint density at radius 3 is 2.40 bits per heavy atom. The van der Waals surface area contributed by atoms with Crippen molar-refractivity contribution < 1.29 is 13.2 Å². The fraction of sp³-hybridized carbons (Fsp3) is 1.00. The van der Waals surface area contributed by atoms with Crippen LogP contribution >= 0.6 is 0 Å². The molecule has 1 N–H and O–H groups in total. The largest absolute Gasteiger partial charge is 0.381 e. The highest BCUT2D eigenvalue weighted by atomic mass is 32.2. The minimum atomic E-state index is -3.11. The van der Waals surface area contributed by atoms with Crippen molar-refractivity contribution in [1.29, 1.82) is 0 Å². The first-order valence-corrected chi connectivity index (χ1v) is 4.61. The van der Waals surface area contributed by atoms with Crippen LogP contribution in [0.15, 0.2) is 0 Å². The minimum Gasteiger partial charge on any atom is -0.381 e. The Morgan fingerprint density at radius 1 is 1.60 bits per heavy atom. The predicted molar refractivity (Wildman–Crippen MR) is 39.3 cm³/mol. The van der Waals surface area contributed by atoms with Crippen LogP contribution in [0.3, 0.4) is 0 Å². The Hall–Kier alpha value is -0.130. The summed E-state index contributed by atoms with van der Waals surface area (Å²) in [5, 5.41) is 0. The summed E-state index contributed by atoms with van der Waals surface area (Å²) in [5.74, 6) is 0.0139. The number of ether oxygens (including phenoxy) is 1. The lowest BCUT2D eigenvalue weighted by Gasteiger charge is -2.08. The van der Waals surface area contributed by atoms with Gasteiger partial charge in [-0.2, -0.15) is 0 Å². The predicted octanol–water partition coefficient (Wildman–Crippen LogP) is -0.429. The van der Waals surface area contributed by atoms with E-state index in [9.17, 15) is 8.42 Å². The second-order valence-corrected chi connectivity index (χ2v) is 4.00. The molecule has 10 heavy (non-hydrogen) atoms. The fourth-order valence-corrected chi connectivity index (χ4v) is 1.38. The Balaban J connectivity index is 3.90. The standard InChI is InChI=1S/C5H13NO3S/c1-5(9-3)4-10(7,8)6-2/h5-6H,4H2,1-3H3. The molecule has 4 nitrogen and oxygen atoms in total. The van der Waals surface area contributed by atoms with E-state index < -0.39 is 10.0 Å². The van der Waals surface area contributed by atoms with Crippen molar-refractivity contribution in [3.05, 3.63) is 0 Å². The maximum absolute atomic E-state index is 10.8. The highest BCUT2D eigenvalue weighted by Gasteiger charge is 2.11. The summed E-state index contributed by atoms with van der Waals surface area (Å²) in [6, 6.07) is 0. The van der Waals surface area contributed by atoms with Gasteiger partial charge >= 0.3 is 0 Å². The summed E-state index contributed by atoms with van der Waals surface area (Å²) in [6.07, 6.45) is -0.252. The van der Waals surface area contributed by atoms with Gasteiger partial charge in [-0.25, -0.2) is 13.1 Å². The summed E-state index contributed by atoms with van der Waals surface area (Å²) >= 11 is 0. The Kier molecular flexibility index (Phi) is 3.85. The van der Waals surface area contributed by atoms with E-state index in [1.54, 1.807) is 6.92 Å². The third-order valence-corrected chi connectivity index (χ3v) is 2.70. The lowest BCUT2D eigenvalue weighted by atomic mass is 10.5. The van der Waals surface area contributed by atoms with Gasteiger partial charge in [-0.15, -0.1) is 0 Å². The molecule has 0 aromatic carbocycles. The van der Waals surface area contributed by atoms with Gasteiger partial charge in [0.25, 0.3) is 0 Å². The van der Waals surface area contributed by atoms with Crippen molar-refractivity contribution >= 4 is 10.0 Å². The molecular weight excluding hydrogens is 154 g/mol. The maximum Gasteiger partial charge on any atom is 0.213 e. The zero-order valence-corrected chi connectivity index (χ0v) is 7.23. The van der Waals surface area contributed by atoms with Crippen LogP contribution in [0.2, 0.25) is 0 Å². The SMILES string of the molecule is CNS(=O)(=O)CC(C)OC. The molecule has 0 bridgehead atoms. The van der Waals surface area contributed by atoms with Gasteiger partial charge in [-0.05, 0) is 14.0 Å². The van der Waals surface area contributed by atoms with E-state index in [0.29, 0.717) is 0 Å². The molecule has 0 aliphatic carbocycles. The van der Waals surface area contributed by atoms with Gasteiger partial charge < -0.3 is 4.74 Å². The van der Waals surface area contributed by atoms with Gasteiger partial charge in [-0.1, -0.05) is 0 Å². The molecule has 0 radical (unpaired) electrons. The molecule has 0 saturated heterocycles. The van der Waals surface area contributed by atoms with Gasteiger partial charge in [0.2, 0.25) is 10.0 Å². The lowest BCUT2D eigenvalue weighted by molar-refractivity contribution is 0.136. The molecule has 0 aromatic rings. The molecule has 0 aliphatic rings. The van der Waals surface area contributed by atoms with Crippen molar-refractivity contribution in [3.8, 4) is 0 Å². The van der Waals surface area contributed by atoms with Crippen LogP contribution in [0.1, 0.15) is 6.92 Å². The van der Waals surface area contributed by atoms with Crippen LogP contribution in [-0.4, -0.2) is 34.4 Å². The molecule has 1 atom stereocenters. The Bertz CT molecular complexity index is 175. The van der Waals surface area contributed by atoms with Crippen LogP contribution in [0, 0.1) is 0 Å². The molecule has 0 spiro atoms. The first kappa shape index (κ1) is 9.87. The van der Waals surface area contributed by atoms with Crippen molar-refractivity contribution in [2.75, 3.05) is 19.9 Å². The van der Waals surface area contributed by atoms with E-state index in [4.69, 9.17) is 4.74 Å². The monoisotopic (exact) mass is 167 g/mol. The summed E-state index contributed by atoms with van der Waals surface area (Å²) < 4.78 is 28.5. The lowest BCUT2D eigenvalue weighted by Crippen LogP contribution is -2.28. The summed E-state index contributed by atoms with van der Waals surface area (Å²) in [7, 11) is -0.237. The van der Waals surface area contributed by atoms with E-state index in [2.05, 4.69) is 4.72 Å². The number of sulfonamides is 1. The summed E-state index contributed by atoms with van der Waals surface area (Å²) in [6.45, 7) is 1.70. The highest BCUT2D eigenvalue weighted by Crippen LogP contribution is 1.92. The van der Waals surface area contributed by atoms with Crippen LogP contribution < -0.4 is 4.72 Å². The smallest absolute Gasteiger partial charge is 0.213 e. The van der Waals surface area contributed by atoms with Gasteiger partial charge in [0.05, 0.1) is 11.9 Å². The normalized spacial score (nSPS) is 15.1. The highest BCUT2D eigenvalue weighted by molar-refractivity contribution is 7.89. The van der Waals surface area contributed by atoms with Crippen molar-refractivity contribution in [3.63, 3.8) is 0 Å². The second kappa shape index (κ2) is 3.90. The zero-order chi connectivity index (χ0) is 8.20. The van der Waals surface area contributed by atoms with Gasteiger partial charge in [-0.3, -0.25) is 0 Å². The van der Waals surface area contributed by atoms with E-state index in [1.807, 2.05) is 0 Å². The van der Waals surface area contributed by atoms with Gasteiger partial charge in [0.1, 0.15) is 0 Å². The molecule has 0 saturated carbocycles. The number of methoxy groups -OCH3 is 1. The Morgan fingerprint density at radius 2 is 2.10 bits per heavy atom. The molecule has 5 heteroatoms. The maximum atomic E-state index is 10.8. The first-order chi connectivity index (χ1) is 4.52. The van der Waals surface area contributed by atoms with Crippen LogP contribution in [0.25, 0.3) is 0 Å². The fourth-order valence-electron chi connectivity index (χ4n) is 0.460. The molecule has 62 valence electrons. The number of hydrogen-bond donors (Lipinski definition) is 1. The zero-order valence-electron chi connectivity index (χ0n) is 6.42. The average molecular weight is 167 g/mol. The van der Waals surface area contributed by atoms with Crippen molar-refractivity contribution in [2.24, 2.45) is 0 Å². The molecule has 0 amide bonds. The molecule has 0 aliphatic heterocycles. The average Bonchev–Trinajstić information content (AvgIpc) is 1.87. The van der Waals surface area contributed by atoms with Crippen LogP contribution in [0.4, 0.5) is 0 Å². The summed E-state index contributed by atoms with van der Waals surface area (Å²) in [5.41, 5.74) is 0. The number of rotatable bonds is 4. The summed E-state index contributed by atoms with van der Waals surface area (Å²) in [4.78, 5) is 0. The molecule has 0 rings (SSSR count). The first-order valence-electron chi connectivity index (χ1n) is 2.96. The van der Waals surface area contributed by atoms with Crippen molar-refractivity contribution in [2.45, 2.75) is 13.0 Å². The van der Waals surface area contributed by atoms with Gasteiger partial charge in [0.15, 0.2) is 0 Å². The van der Waals surface area contributed by atoms with E-state index >= 15 is 0 Å². The topological polar surface area (TPSA) is 55.4 Å².